The lowest BCUT2D eigenvalue weighted by Gasteiger charge is -2.30. The van der Waals surface area contributed by atoms with Gasteiger partial charge in [0.05, 0.1) is 17.5 Å². The third-order valence-electron chi connectivity index (χ3n) is 6.23. The van der Waals surface area contributed by atoms with E-state index in [0.717, 1.165) is 25.2 Å². The van der Waals surface area contributed by atoms with Crippen LogP contribution in [0, 0.1) is 17.7 Å². The maximum absolute atomic E-state index is 14.6. The predicted octanol–water partition coefficient (Wildman–Crippen LogP) is 0.992. The molecule has 8 nitrogen and oxygen atoms in total. The first kappa shape index (κ1) is 22.5. The highest BCUT2D eigenvalue weighted by atomic mass is 32.2. The molecule has 1 aliphatic carbocycles. The predicted molar refractivity (Wildman–Crippen MR) is 108 cm³/mol. The Bertz CT molecular complexity index is 943. The standard InChI is InChI=1S/C20H28F2N4O4S/c1-31(28,29)13-4-5-14(16(22)9-13)18-24-19(30-25-18)15(8-11-2-3-11)17(23)20(27)26-7-6-12(21)10-26/h4-5,9,11-12,15,17-19,24-25H,2-3,6-8,10,23H2,1H3/t12-,15?,17?,18+,19+/m0/s1. The van der Waals surface area contributed by atoms with Crippen molar-refractivity contribution < 1.29 is 26.8 Å². The second-order valence-corrected chi connectivity index (χ2v) is 10.8. The minimum absolute atomic E-state index is 0.0560. The molecule has 1 aromatic carbocycles. The molecule has 0 spiro atoms. The summed E-state index contributed by atoms with van der Waals surface area (Å²) in [5, 5.41) is 3.13. The minimum Gasteiger partial charge on any atom is -0.338 e. The fourth-order valence-electron chi connectivity index (χ4n) is 4.22. The van der Waals surface area contributed by atoms with E-state index in [1.165, 1.54) is 17.0 Å². The van der Waals surface area contributed by atoms with E-state index in [4.69, 9.17) is 10.6 Å². The number of alkyl halides is 1. The molecule has 2 unspecified atom stereocenters. The Morgan fingerprint density at radius 1 is 1.35 bits per heavy atom. The smallest absolute Gasteiger partial charge is 0.240 e. The summed E-state index contributed by atoms with van der Waals surface area (Å²) in [5.41, 5.74) is 9.24. The number of sulfone groups is 1. The van der Waals surface area contributed by atoms with Crippen molar-refractivity contribution in [3.05, 3.63) is 29.6 Å². The fraction of sp³-hybridized carbons (Fsp3) is 0.650. The number of carbonyl (C=O) groups excluding carboxylic acids is 1. The van der Waals surface area contributed by atoms with Crippen LogP contribution in [0.5, 0.6) is 0 Å². The van der Waals surface area contributed by atoms with Crippen molar-refractivity contribution in [3.63, 3.8) is 0 Å². The first-order valence-electron chi connectivity index (χ1n) is 10.5. The van der Waals surface area contributed by atoms with Crippen LogP contribution < -0.4 is 16.5 Å². The van der Waals surface area contributed by atoms with E-state index >= 15 is 0 Å². The molecular formula is C20H28F2N4O4S. The van der Waals surface area contributed by atoms with Gasteiger partial charge in [0.1, 0.15) is 24.4 Å². The first-order valence-corrected chi connectivity index (χ1v) is 12.4. The second kappa shape index (κ2) is 8.70. The van der Waals surface area contributed by atoms with Crippen LogP contribution in [0.1, 0.15) is 37.4 Å². The average Bonchev–Trinajstić information content (AvgIpc) is 3.22. The molecule has 2 saturated heterocycles. The third-order valence-corrected chi connectivity index (χ3v) is 7.35. The number of nitrogens with two attached hydrogens (primary N) is 1. The molecular weight excluding hydrogens is 430 g/mol. The van der Waals surface area contributed by atoms with Crippen LogP contribution in [0.3, 0.4) is 0 Å². The first-order chi connectivity index (χ1) is 14.6. The van der Waals surface area contributed by atoms with Crippen molar-refractivity contribution in [2.45, 2.75) is 55.2 Å². The molecule has 1 amide bonds. The van der Waals surface area contributed by atoms with Gasteiger partial charge in [0.25, 0.3) is 0 Å². The molecule has 0 bridgehead atoms. The number of benzene rings is 1. The number of amides is 1. The number of likely N-dealkylation sites (tertiary alicyclic amines) is 1. The lowest BCUT2D eigenvalue weighted by Crippen LogP contribution is -2.52. The van der Waals surface area contributed by atoms with E-state index in [1.54, 1.807) is 0 Å². The van der Waals surface area contributed by atoms with Crippen LogP contribution in [0.15, 0.2) is 23.1 Å². The van der Waals surface area contributed by atoms with Gasteiger partial charge >= 0.3 is 0 Å². The summed E-state index contributed by atoms with van der Waals surface area (Å²) < 4.78 is 51.4. The maximum atomic E-state index is 14.6. The van der Waals surface area contributed by atoms with Crippen LogP contribution in [-0.2, 0) is 19.5 Å². The topological polar surface area (TPSA) is 114 Å². The Morgan fingerprint density at radius 3 is 2.68 bits per heavy atom. The van der Waals surface area contributed by atoms with Gasteiger partial charge in [-0.25, -0.2) is 17.2 Å². The van der Waals surface area contributed by atoms with Crippen LogP contribution in [0.2, 0.25) is 0 Å². The molecule has 3 aliphatic rings. The lowest BCUT2D eigenvalue weighted by molar-refractivity contribution is -0.135. The van der Waals surface area contributed by atoms with Crippen molar-refractivity contribution in [2.24, 2.45) is 17.6 Å². The number of nitrogens with one attached hydrogen (secondary N) is 2. The molecule has 3 fully saturated rings. The van der Waals surface area contributed by atoms with Gasteiger partial charge in [-0.1, -0.05) is 18.9 Å². The number of hydrogen-bond acceptors (Lipinski definition) is 7. The van der Waals surface area contributed by atoms with Crippen molar-refractivity contribution >= 4 is 15.7 Å². The zero-order valence-electron chi connectivity index (χ0n) is 17.3. The summed E-state index contributed by atoms with van der Waals surface area (Å²) in [6.45, 7) is 0.405. The monoisotopic (exact) mass is 458 g/mol. The summed E-state index contributed by atoms with van der Waals surface area (Å²) in [6, 6.07) is 2.82. The second-order valence-electron chi connectivity index (χ2n) is 8.75. The van der Waals surface area contributed by atoms with Crippen LogP contribution in [0.25, 0.3) is 0 Å². The van der Waals surface area contributed by atoms with Crippen molar-refractivity contribution in [1.29, 1.82) is 0 Å². The summed E-state index contributed by atoms with van der Waals surface area (Å²) >= 11 is 0. The normalized spacial score (nSPS) is 28.6. The number of hydroxylamine groups is 1. The molecule has 1 saturated carbocycles. The number of nitrogens with zero attached hydrogens (tertiary/aromatic N) is 1. The molecule has 4 N–H and O–H groups in total. The molecule has 4 rings (SSSR count). The summed E-state index contributed by atoms with van der Waals surface area (Å²) in [5.74, 6) is -0.924. The van der Waals surface area contributed by atoms with Gasteiger partial charge in [0, 0.05) is 24.3 Å². The molecule has 2 heterocycles. The fourth-order valence-corrected chi connectivity index (χ4v) is 4.85. The Hall–Kier alpha value is -1.66. The molecule has 31 heavy (non-hydrogen) atoms. The van der Waals surface area contributed by atoms with E-state index < -0.39 is 40.3 Å². The van der Waals surface area contributed by atoms with E-state index in [2.05, 4.69) is 10.8 Å². The number of hydrogen-bond donors (Lipinski definition) is 3. The maximum Gasteiger partial charge on any atom is 0.240 e. The highest BCUT2D eigenvalue weighted by molar-refractivity contribution is 7.90. The number of halogens is 2. The van der Waals surface area contributed by atoms with Gasteiger partial charge in [-0.05, 0) is 30.9 Å². The van der Waals surface area contributed by atoms with Gasteiger partial charge in [-0.2, -0.15) is 5.48 Å². The molecule has 2 aliphatic heterocycles. The Labute approximate surface area is 180 Å². The average molecular weight is 459 g/mol. The van der Waals surface area contributed by atoms with Gasteiger partial charge in [0.2, 0.25) is 5.91 Å². The largest absolute Gasteiger partial charge is 0.338 e. The summed E-state index contributed by atoms with van der Waals surface area (Å²) in [7, 11) is -3.53. The van der Waals surface area contributed by atoms with Crippen LogP contribution in [0.4, 0.5) is 8.78 Å². The van der Waals surface area contributed by atoms with Crippen molar-refractivity contribution in [1.82, 2.24) is 15.7 Å². The Kier molecular flexibility index (Phi) is 6.32. The molecule has 0 radical (unpaired) electrons. The molecule has 0 aromatic heterocycles. The number of carbonyl (C=O) groups is 1. The SMILES string of the molecule is CS(=O)(=O)c1ccc([C@H]2NO[C@H](C(CC3CC3)C(N)C(=O)N3CC[C@H](F)C3)N2)c(F)c1. The van der Waals surface area contributed by atoms with Gasteiger partial charge < -0.3 is 10.6 Å². The van der Waals surface area contributed by atoms with E-state index in [1.807, 2.05) is 0 Å². The highest BCUT2D eigenvalue weighted by Crippen LogP contribution is 2.38. The van der Waals surface area contributed by atoms with Gasteiger partial charge in [-0.3, -0.25) is 14.9 Å². The van der Waals surface area contributed by atoms with Crippen LogP contribution in [-0.4, -0.2) is 57.0 Å². The number of rotatable bonds is 7. The van der Waals surface area contributed by atoms with Crippen molar-refractivity contribution in [2.75, 3.05) is 19.3 Å². The molecule has 172 valence electrons. The quantitative estimate of drug-likeness (QED) is 0.558. The van der Waals surface area contributed by atoms with E-state index in [9.17, 15) is 22.0 Å². The minimum atomic E-state index is -3.53. The summed E-state index contributed by atoms with van der Waals surface area (Å²) in [6.07, 6.45) is 1.70. The van der Waals surface area contributed by atoms with Gasteiger partial charge in [0.15, 0.2) is 9.84 Å². The van der Waals surface area contributed by atoms with Crippen LogP contribution >= 0.6 is 0 Å². The van der Waals surface area contributed by atoms with E-state index in [0.29, 0.717) is 25.3 Å². The molecule has 1 aromatic rings. The van der Waals surface area contributed by atoms with Crippen molar-refractivity contribution in [3.8, 4) is 0 Å². The molecule has 5 atom stereocenters. The molecule has 11 heteroatoms. The summed E-state index contributed by atoms with van der Waals surface area (Å²) in [4.78, 5) is 19.8. The zero-order chi connectivity index (χ0) is 22.3. The lowest BCUT2D eigenvalue weighted by atomic mass is 9.91. The van der Waals surface area contributed by atoms with Gasteiger partial charge in [-0.15, -0.1) is 0 Å². The highest BCUT2D eigenvalue weighted by Gasteiger charge is 2.43. The third kappa shape index (κ3) is 5.06. The van der Waals surface area contributed by atoms with E-state index in [-0.39, 0.29) is 28.8 Å². The Balaban J connectivity index is 1.47. The Morgan fingerprint density at radius 2 is 2.10 bits per heavy atom. The zero-order valence-corrected chi connectivity index (χ0v) is 18.1.